The van der Waals surface area contributed by atoms with Crippen molar-refractivity contribution < 1.29 is 23.5 Å². The summed E-state index contributed by atoms with van der Waals surface area (Å²) in [6.45, 7) is 2.70. The van der Waals surface area contributed by atoms with Gasteiger partial charge >= 0.3 is 5.97 Å². The Morgan fingerprint density at radius 2 is 2.00 bits per heavy atom. The Kier molecular flexibility index (Phi) is 4.56. The second-order valence-electron chi connectivity index (χ2n) is 7.56. The minimum absolute atomic E-state index is 0.114. The largest absolute Gasteiger partial charge is 0.465 e. The number of benzene rings is 1. The standard InChI is InChI=1S/C23H18N4O5/c1-13-17(22(28)26-10-14(9-24)11-26)12-27-20(13)18(5-7-25-27)32-19-4-3-16(23(29)30-2)15-6-8-31-21(15)19/h3-8,12,14H,10-11H2,1-2H3. The molecule has 0 unspecified atom stereocenters. The predicted octanol–water partition coefficient (Wildman–Crippen LogP) is 3.56. The summed E-state index contributed by atoms with van der Waals surface area (Å²) >= 11 is 0. The SMILES string of the molecule is COC(=O)c1ccc(Oc2ccnn3cc(C(=O)N4CC(C#N)C4)c(C)c23)c2occc12. The van der Waals surface area contributed by atoms with Gasteiger partial charge in [0.2, 0.25) is 0 Å². The Morgan fingerprint density at radius 3 is 2.75 bits per heavy atom. The number of carbonyl (C=O) groups excluding carboxylic acids is 2. The zero-order valence-electron chi connectivity index (χ0n) is 17.4. The van der Waals surface area contributed by atoms with E-state index in [1.807, 2.05) is 6.92 Å². The fourth-order valence-corrected chi connectivity index (χ4v) is 3.94. The number of methoxy groups -OCH3 is 1. The molecule has 1 aromatic carbocycles. The molecule has 1 saturated heterocycles. The fourth-order valence-electron chi connectivity index (χ4n) is 3.94. The van der Waals surface area contributed by atoms with E-state index in [9.17, 15) is 9.59 Å². The molecule has 0 bridgehead atoms. The number of furan rings is 1. The topological polar surface area (TPSA) is 110 Å². The van der Waals surface area contributed by atoms with Crippen molar-refractivity contribution in [1.82, 2.24) is 14.5 Å². The maximum Gasteiger partial charge on any atom is 0.338 e. The van der Waals surface area contributed by atoms with E-state index < -0.39 is 5.97 Å². The number of esters is 1. The molecule has 1 fully saturated rings. The van der Waals surface area contributed by atoms with Gasteiger partial charge in [0.05, 0.1) is 42.7 Å². The first-order valence-electron chi connectivity index (χ1n) is 9.94. The third-order valence-corrected chi connectivity index (χ3v) is 5.68. The smallest absolute Gasteiger partial charge is 0.338 e. The molecule has 3 aromatic heterocycles. The fraction of sp³-hybridized carbons (Fsp3) is 0.217. The lowest BCUT2D eigenvalue weighted by Crippen LogP contribution is -2.49. The highest BCUT2D eigenvalue weighted by Gasteiger charge is 2.33. The van der Waals surface area contributed by atoms with Gasteiger partial charge in [-0.15, -0.1) is 0 Å². The van der Waals surface area contributed by atoms with Gasteiger partial charge < -0.3 is 18.8 Å². The summed E-state index contributed by atoms with van der Waals surface area (Å²) in [5.74, 6) is 0.181. The van der Waals surface area contributed by atoms with Crippen molar-refractivity contribution in [1.29, 1.82) is 5.26 Å². The van der Waals surface area contributed by atoms with Crippen molar-refractivity contribution >= 4 is 28.4 Å². The number of hydrogen-bond donors (Lipinski definition) is 0. The van der Waals surface area contributed by atoms with E-state index in [2.05, 4.69) is 11.2 Å². The maximum absolute atomic E-state index is 12.9. The molecule has 0 saturated carbocycles. The summed E-state index contributed by atoms with van der Waals surface area (Å²) in [5.41, 5.74) is 2.66. The summed E-state index contributed by atoms with van der Waals surface area (Å²) in [7, 11) is 1.32. The Balaban J connectivity index is 1.53. The Labute approximate surface area is 182 Å². The van der Waals surface area contributed by atoms with Gasteiger partial charge in [0.1, 0.15) is 5.52 Å². The number of likely N-dealkylation sites (tertiary alicyclic amines) is 1. The Bertz CT molecular complexity index is 1420. The summed E-state index contributed by atoms with van der Waals surface area (Å²) in [4.78, 5) is 26.6. The predicted molar refractivity (Wildman–Crippen MR) is 113 cm³/mol. The lowest BCUT2D eigenvalue weighted by atomic mass is 10.0. The van der Waals surface area contributed by atoms with Crippen LogP contribution < -0.4 is 4.74 Å². The molecule has 0 atom stereocenters. The van der Waals surface area contributed by atoms with Crippen LogP contribution in [0.5, 0.6) is 11.5 Å². The van der Waals surface area contributed by atoms with Gasteiger partial charge in [0.15, 0.2) is 17.1 Å². The van der Waals surface area contributed by atoms with E-state index >= 15 is 0 Å². The van der Waals surface area contributed by atoms with Crippen molar-refractivity contribution in [3.63, 3.8) is 0 Å². The molecular weight excluding hydrogens is 412 g/mol. The highest BCUT2D eigenvalue weighted by Crippen LogP contribution is 2.36. The van der Waals surface area contributed by atoms with Gasteiger partial charge in [-0.2, -0.15) is 10.4 Å². The molecule has 4 heterocycles. The first-order valence-corrected chi connectivity index (χ1v) is 9.94. The van der Waals surface area contributed by atoms with Crippen LogP contribution in [0.4, 0.5) is 0 Å². The van der Waals surface area contributed by atoms with Gasteiger partial charge in [-0.3, -0.25) is 4.79 Å². The zero-order valence-corrected chi connectivity index (χ0v) is 17.4. The molecule has 0 spiro atoms. The molecule has 9 nitrogen and oxygen atoms in total. The normalized spacial score (nSPS) is 13.7. The van der Waals surface area contributed by atoms with E-state index in [4.69, 9.17) is 19.2 Å². The molecular formula is C23H18N4O5. The van der Waals surface area contributed by atoms with Gasteiger partial charge in [-0.05, 0) is 30.7 Å². The number of amides is 1. The lowest BCUT2D eigenvalue weighted by molar-refractivity contribution is 0.0574. The molecule has 5 rings (SSSR count). The molecule has 1 aliphatic rings. The van der Waals surface area contributed by atoms with Gasteiger partial charge in [0.25, 0.3) is 5.91 Å². The van der Waals surface area contributed by atoms with Crippen LogP contribution in [0, 0.1) is 24.2 Å². The monoisotopic (exact) mass is 430 g/mol. The van der Waals surface area contributed by atoms with E-state index in [1.165, 1.54) is 13.4 Å². The number of rotatable bonds is 4. The van der Waals surface area contributed by atoms with Crippen LogP contribution in [0.15, 0.2) is 47.3 Å². The molecule has 0 radical (unpaired) electrons. The third kappa shape index (κ3) is 2.96. The molecule has 32 heavy (non-hydrogen) atoms. The van der Waals surface area contributed by atoms with Crippen LogP contribution in [-0.2, 0) is 4.74 Å². The molecule has 4 aromatic rings. The van der Waals surface area contributed by atoms with E-state index in [1.54, 1.807) is 46.1 Å². The van der Waals surface area contributed by atoms with Gasteiger partial charge in [0, 0.05) is 30.7 Å². The van der Waals surface area contributed by atoms with Crippen LogP contribution in [0.2, 0.25) is 0 Å². The Morgan fingerprint density at radius 1 is 1.19 bits per heavy atom. The first kappa shape index (κ1) is 19.6. The lowest BCUT2D eigenvalue weighted by Gasteiger charge is -2.35. The first-order chi connectivity index (χ1) is 15.5. The average Bonchev–Trinajstić information content (AvgIpc) is 3.38. The summed E-state index contributed by atoms with van der Waals surface area (Å²) in [5, 5.41) is 13.9. The van der Waals surface area contributed by atoms with E-state index in [0.717, 1.165) is 5.56 Å². The van der Waals surface area contributed by atoms with Crippen molar-refractivity contribution in [2.75, 3.05) is 20.2 Å². The van der Waals surface area contributed by atoms with Crippen LogP contribution >= 0.6 is 0 Å². The van der Waals surface area contributed by atoms with Crippen molar-refractivity contribution in [2.24, 2.45) is 5.92 Å². The minimum atomic E-state index is -0.468. The number of hydrogen-bond acceptors (Lipinski definition) is 7. The minimum Gasteiger partial charge on any atom is -0.465 e. The number of aryl methyl sites for hydroxylation is 1. The quantitative estimate of drug-likeness (QED) is 0.455. The number of nitrogens with zero attached hydrogens (tertiary/aromatic N) is 4. The van der Waals surface area contributed by atoms with Crippen molar-refractivity contribution in [3.8, 4) is 17.6 Å². The number of carbonyl (C=O) groups is 2. The molecule has 1 aliphatic heterocycles. The number of nitriles is 1. The summed E-state index contributed by atoms with van der Waals surface area (Å²) in [6, 6.07) is 8.81. The zero-order chi connectivity index (χ0) is 22.4. The van der Waals surface area contributed by atoms with E-state index in [-0.39, 0.29) is 11.8 Å². The van der Waals surface area contributed by atoms with Gasteiger partial charge in [-0.25, -0.2) is 9.31 Å². The van der Waals surface area contributed by atoms with Crippen LogP contribution in [0.25, 0.3) is 16.5 Å². The van der Waals surface area contributed by atoms with Crippen molar-refractivity contribution in [3.05, 3.63) is 59.6 Å². The van der Waals surface area contributed by atoms with Crippen LogP contribution in [-0.4, -0.2) is 46.6 Å². The molecule has 1 amide bonds. The molecule has 0 aliphatic carbocycles. The summed E-state index contributed by atoms with van der Waals surface area (Å²) < 4.78 is 18.2. The average molecular weight is 430 g/mol. The highest BCUT2D eigenvalue weighted by molar-refractivity contribution is 6.05. The number of ether oxygens (including phenoxy) is 2. The number of fused-ring (bicyclic) bond motifs is 2. The van der Waals surface area contributed by atoms with Gasteiger partial charge in [-0.1, -0.05) is 0 Å². The van der Waals surface area contributed by atoms with Crippen LogP contribution in [0.1, 0.15) is 26.3 Å². The number of aromatic nitrogens is 2. The van der Waals surface area contributed by atoms with Crippen LogP contribution in [0.3, 0.4) is 0 Å². The Hall–Kier alpha value is -4.32. The summed E-state index contributed by atoms with van der Waals surface area (Å²) in [6.07, 6.45) is 4.73. The highest BCUT2D eigenvalue weighted by atomic mass is 16.5. The van der Waals surface area contributed by atoms with Crippen molar-refractivity contribution in [2.45, 2.75) is 6.92 Å². The maximum atomic E-state index is 12.9. The third-order valence-electron chi connectivity index (χ3n) is 5.68. The second-order valence-corrected chi connectivity index (χ2v) is 7.56. The second kappa shape index (κ2) is 7.42. The van der Waals surface area contributed by atoms with E-state index in [0.29, 0.717) is 52.2 Å². The molecule has 0 N–H and O–H groups in total. The molecule has 160 valence electrons. The molecule has 9 heteroatoms.